The first-order chi connectivity index (χ1) is 12.1. The molecule has 1 saturated heterocycles. The molecule has 2 heterocycles. The predicted molar refractivity (Wildman–Crippen MR) is 92.3 cm³/mol. The topological polar surface area (TPSA) is 82.3 Å². The summed E-state index contributed by atoms with van der Waals surface area (Å²) in [4.78, 5) is 41.4. The number of likely N-dealkylation sites (tertiary alicyclic amines) is 1. The number of benzene rings is 1. The number of hydrogen-bond donors (Lipinski definition) is 2. The molecule has 1 aliphatic carbocycles. The normalized spacial score (nSPS) is 23.1. The summed E-state index contributed by atoms with van der Waals surface area (Å²) < 4.78 is 0. The quantitative estimate of drug-likeness (QED) is 0.836. The van der Waals surface area contributed by atoms with E-state index >= 15 is 0 Å². The lowest BCUT2D eigenvalue weighted by atomic mass is 9.81. The number of H-pyrrole nitrogens is 1. The highest BCUT2D eigenvalue weighted by Gasteiger charge is 2.48. The Morgan fingerprint density at radius 1 is 1.12 bits per heavy atom. The fourth-order valence-corrected chi connectivity index (χ4v) is 4.01. The van der Waals surface area contributed by atoms with E-state index in [2.05, 4.69) is 10.3 Å². The predicted octanol–water partition coefficient (Wildman–Crippen LogP) is 1.96. The minimum absolute atomic E-state index is 0.171. The van der Waals surface area contributed by atoms with Crippen LogP contribution in [-0.2, 0) is 20.9 Å². The molecule has 1 saturated carbocycles. The van der Waals surface area contributed by atoms with Gasteiger partial charge in [-0.1, -0.05) is 31.0 Å². The molecule has 2 aromatic rings. The van der Waals surface area contributed by atoms with Crippen LogP contribution in [0.1, 0.15) is 31.4 Å². The zero-order chi connectivity index (χ0) is 17.4. The van der Waals surface area contributed by atoms with Crippen molar-refractivity contribution in [3.05, 3.63) is 36.0 Å². The fourth-order valence-electron chi connectivity index (χ4n) is 4.01. The number of aromatic amines is 1. The minimum Gasteiger partial charge on any atom is -0.357 e. The van der Waals surface area contributed by atoms with Gasteiger partial charge in [0, 0.05) is 11.2 Å². The van der Waals surface area contributed by atoms with Crippen LogP contribution in [0, 0.1) is 11.8 Å². The first-order valence-electron chi connectivity index (χ1n) is 8.82. The van der Waals surface area contributed by atoms with E-state index in [9.17, 15) is 14.4 Å². The summed E-state index contributed by atoms with van der Waals surface area (Å²) in [6, 6.07) is 9.87. The van der Waals surface area contributed by atoms with E-state index in [1.807, 2.05) is 30.3 Å². The largest absolute Gasteiger partial charge is 0.357 e. The van der Waals surface area contributed by atoms with Gasteiger partial charge in [-0.3, -0.25) is 19.3 Å². The van der Waals surface area contributed by atoms with Gasteiger partial charge < -0.3 is 10.3 Å². The molecule has 0 spiro atoms. The van der Waals surface area contributed by atoms with Gasteiger partial charge in [0.15, 0.2) is 0 Å². The maximum absolute atomic E-state index is 12.4. The van der Waals surface area contributed by atoms with Gasteiger partial charge in [0.05, 0.1) is 18.4 Å². The fraction of sp³-hybridized carbons (Fsp3) is 0.421. The molecule has 2 N–H and O–H groups in total. The number of carbonyl (C=O) groups excluding carboxylic acids is 3. The second-order valence-corrected chi connectivity index (χ2v) is 6.92. The van der Waals surface area contributed by atoms with Crippen molar-refractivity contribution in [2.24, 2.45) is 11.8 Å². The first-order valence-corrected chi connectivity index (χ1v) is 8.82. The van der Waals surface area contributed by atoms with Crippen LogP contribution in [0.25, 0.3) is 10.9 Å². The molecule has 6 nitrogen and oxygen atoms in total. The molecule has 2 atom stereocenters. The molecule has 130 valence electrons. The van der Waals surface area contributed by atoms with E-state index in [-0.39, 0.29) is 36.1 Å². The lowest BCUT2D eigenvalue weighted by Crippen LogP contribution is -2.40. The molecular weight excluding hydrogens is 318 g/mol. The monoisotopic (exact) mass is 339 g/mol. The van der Waals surface area contributed by atoms with E-state index in [4.69, 9.17) is 0 Å². The summed E-state index contributed by atoms with van der Waals surface area (Å²) in [6.45, 7) is 0.168. The Morgan fingerprint density at radius 3 is 2.48 bits per heavy atom. The van der Waals surface area contributed by atoms with Crippen LogP contribution < -0.4 is 5.32 Å². The van der Waals surface area contributed by atoms with Crippen LogP contribution in [0.2, 0.25) is 0 Å². The molecule has 4 rings (SSSR count). The Labute approximate surface area is 145 Å². The Bertz CT molecular complexity index is 784. The van der Waals surface area contributed by atoms with Crippen molar-refractivity contribution >= 4 is 28.6 Å². The van der Waals surface area contributed by atoms with E-state index in [0.29, 0.717) is 6.54 Å². The zero-order valence-electron chi connectivity index (χ0n) is 14.0. The van der Waals surface area contributed by atoms with Gasteiger partial charge in [-0.15, -0.1) is 0 Å². The standard InChI is InChI=1S/C19H21N3O3/c23-17(20-10-13-9-12-5-1-4-8-16(12)21-13)11-22-18(24)14-6-2-3-7-15(14)19(22)25/h1,4-5,8-9,14-15,21H,2-3,6-7,10-11H2,(H,20,23). The van der Waals surface area contributed by atoms with Crippen molar-refractivity contribution < 1.29 is 14.4 Å². The highest BCUT2D eigenvalue weighted by Crippen LogP contribution is 2.37. The molecule has 1 aliphatic heterocycles. The van der Waals surface area contributed by atoms with Crippen LogP contribution in [0.3, 0.4) is 0 Å². The number of carbonyl (C=O) groups is 3. The third kappa shape index (κ3) is 2.92. The molecule has 25 heavy (non-hydrogen) atoms. The summed E-state index contributed by atoms with van der Waals surface area (Å²) in [6.07, 6.45) is 3.51. The summed E-state index contributed by atoms with van der Waals surface area (Å²) in [5.74, 6) is -1.06. The number of imide groups is 1. The van der Waals surface area contributed by atoms with Gasteiger partial charge in [0.2, 0.25) is 17.7 Å². The zero-order valence-corrected chi connectivity index (χ0v) is 14.0. The number of nitrogens with zero attached hydrogens (tertiary/aromatic N) is 1. The third-order valence-electron chi connectivity index (χ3n) is 5.30. The molecule has 3 amide bonds. The summed E-state index contributed by atoms with van der Waals surface area (Å²) in [7, 11) is 0. The van der Waals surface area contributed by atoms with Crippen LogP contribution in [0.4, 0.5) is 0 Å². The van der Waals surface area contributed by atoms with Gasteiger partial charge in [0.1, 0.15) is 6.54 Å². The molecular formula is C19H21N3O3. The third-order valence-corrected chi connectivity index (χ3v) is 5.30. The van der Waals surface area contributed by atoms with Crippen molar-refractivity contribution in [2.75, 3.05) is 6.54 Å². The smallest absolute Gasteiger partial charge is 0.240 e. The number of fused-ring (bicyclic) bond motifs is 2. The van der Waals surface area contributed by atoms with Crippen LogP contribution in [0.5, 0.6) is 0 Å². The summed E-state index contributed by atoms with van der Waals surface area (Å²) >= 11 is 0. The highest BCUT2D eigenvalue weighted by molar-refractivity contribution is 6.07. The molecule has 0 radical (unpaired) electrons. The Balaban J connectivity index is 1.37. The number of aromatic nitrogens is 1. The molecule has 1 aromatic carbocycles. The first kappa shape index (κ1) is 15.9. The minimum atomic E-state index is -0.306. The van der Waals surface area contributed by atoms with Crippen LogP contribution in [-0.4, -0.2) is 34.2 Å². The molecule has 6 heteroatoms. The Morgan fingerprint density at radius 2 is 1.80 bits per heavy atom. The molecule has 2 unspecified atom stereocenters. The van der Waals surface area contributed by atoms with E-state index < -0.39 is 0 Å². The van der Waals surface area contributed by atoms with Crippen molar-refractivity contribution in [2.45, 2.75) is 32.2 Å². The number of rotatable bonds is 4. The van der Waals surface area contributed by atoms with Gasteiger partial charge in [-0.25, -0.2) is 0 Å². The summed E-state index contributed by atoms with van der Waals surface area (Å²) in [5, 5.41) is 3.88. The van der Waals surface area contributed by atoms with Gasteiger partial charge in [-0.05, 0) is 30.4 Å². The maximum Gasteiger partial charge on any atom is 0.240 e. The number of amides is 3. The molecule has 0 bridgehead atoms. The molecule has 1 aromatic heterocycles. The van der Waals surface area contributed by atoms with Crippen LogP contribution >= 0.6 is 0 Å². The second kappa shape index (κ2) is 6.35. The van der Waals surface area contributed by atoms with E-state index in [1.54, 1.807) is 0 Å². The lowest BCUT2D eigenvalue weighted by Gasteiger charge is -2.19. The Kier molecular flexibility index (Phi) is 4.03. The Hall–Kier alpha value is -2.63. The maximum atomic E-state index is 12.4. The highest BCUT2D eigenvalue weighted by atomic mass is 16.2. The summed E-state index contributed by atoms with van der Waals surface area (Å²) in [5.41, 5.74) is 1.91. The second-order valence-electron chi connectivity index (χ2n) is 6.92. The SMILES string of the molecule is O=C(CN1C(=O)C2CCCCC2C1=O)NCc1cc2ccccc2[nH]1. The van der Waals surface area contributed by atoms with E-state index in [0.717, 1.165) is 47.2 Å². The number of para-hydroxylation sites is 1. The van der Waals surface area contributed by atoms with Crippen LogP contribution in [0.15, 0.2) is 30.3 Å². The average Bonchev–Trinajstić information content (AvgIpc) is 3.15. The molecule has 2 fully saturated rings. The number of nitrogens with one attached hydrogen (secondary N) is 2. The lowest BCUT2D eigenvalue weighted by molar-refractivity contribution is -0.143. The van der Waals surface area contributed by atoms with Gasteiger partial charge in [-0.2, -0.15) is 0 Å². The van der Waals surface area contributed by atoms with Crippen molar-refractivity contribution in [3.63, 3.8) is 0 Å². The average molecular weight is 339 g/mol. The molecule has 2 aliphatic rings. The van der Waals surface area contributed by atoms with Crippen molar-refractivity contribution in [3.8, 4) is 0 Å². The van der Waals surface area contributed by atoms with Crippen molar-refractivity contribution in [1.29, 1.82) is 0 Å². The van der Waals surface area contributed by atoms with Crippen molar-refractivity contribution in [1.82, 2.24) is 15.2 Å². The number of hydrogen-bond acceptors (Lipinski definition) is 3. The van der Waals surface area contributed by atoms with E-state index in [1.165, 1.54) is 0 Å². The van der Waals surface area contributed by atoms with Gasteiger partial charge >= 0.3 is 0 Å². The van der Waals surface area contributed by atoms with Gasteiger partial charge in [0.25, 0.3) is 0 Å².